The lowest BCUT2D eigenvalue weighted by Gasteiger charge is -2.15. The first-order valence-electron chi connectivity index (χ1n) is 10.8. The van der Waals surface area contributed by atoms with Crippen molar-refractivity contribution in [2.24, 2.45) is 11.8 Å². The van der Waals surface area contributed by atoms with E-state index in [1.807, 2.05) is 6.07 Å². The van der Waals surface area contributed by atoms with Gasteiger partial charge < -0.3 is 14.6 Å². The molecule has 4 heterocycles. The number of rotatable bonds is 5. The summed E-state index contributed by atoms with van der Waals surface area (Å²) >= 11 is 0. The number of piperidine rings is 1. The number of anilines is 1. The first kappa shape index (κ1) is 19.8. The molecular weight excluding hydrogens is 425 g/mol. The molecule has 1 amide bonds. The summed E-state index contributed by atoms with van der Waals surface area (Å²) in [6.45, 7) is 2.39. The van der Waals surface area contributed by atoms with Gasteiger partial charge in [0.15, 0.2) is 0 Å². The third kappa shape index (κ3) is 3.08. The van der Waals surface area contributed by atoms with Gasteiger partial charge in [-0.3, -0.25) is 9.88 Å². The molecule has 6 rings (SSSR count). The minimum Gasteiger partial charge on any atom is -0.442 e. The van der Waals surface area contributed by atoms with E-state index in [4.69, 9.17) is 4.74 Å². The van der Waals surface area contributed by atoms with E-state index in [1.165, 1.54) is 11.0 Å². The van der Waals surface area contributed by atoms with Crippen LogP contribution in [0.3, 0.4) is 0 Å². The van der Waals surface area contributed by atoms with Crippen molar-refractivity contribution in [2.45, 2.75) is 18.1 Å². The number of benzene rings is 1. The van der Waals surface area contributed by atoms with Crippen LogP contribution in [0.25, 0.3) is 11.1 Å². The molecule has 2 aliphatic heterocycles. The van der Waals surface area contributed by atoms with Crippen LogP contribution in [0.15, 0.2) is 49.2 Å². The van der Waals surface area contributed by atoms with Crippen LogP contribution in [0.4, 0.5) is 14.9 Å². The zero-order valence-corrected chi connectivity index (χ0v) is 17.6. The topological polar surface area (TPSA) is 109 Å². The molecule has 10 heteroatoms. The van der Waals surface area contributed by atoms with Crippen molar-refractivity contribution in [3.8, 4) is 17.2 Å². The lowest BCUT2D eigenvalue weighted by molar-refractivity contribution is 0.131. The molecule has 1 aromatic carbocycles. The molecule has 1 N–H and O–H groups in total. The molecule has 1 saturated carbocycles. The quantitative estimate of drug-likeness (QED) is 0.641. The molecule has 0 radical (unpaired) electrons. The van der Waals surface area contributed by atoms with E-state index in [0.29, 0.717) is 41.7 Å². The van der Waals surface area contributed by atoms with Crippen molar-refractivity contribution in [2.75, 3.05) is 24.5 Å². The highest BCUT2D eigenvalue weighted by atomic mass is 19.1. The predicted molar refractivity (Wildman–Crippen MR) is 114 cm³/mol. The van der Waals surface area contributed by atoms with Gasteiger partial charge in [0.2, 0.25) is 0 Å². The van der Waals surface area contributed by atoms with E-state index >= 15 is 4.39 Å². The van der Waals surface area contributed by atoms with Gasteiger partial charge in [-0.2, -0.15) is 5.26 Å². The molecule has 3 fully saturated rings. The molecule has 3 aromatic rings. The van der Waals surface area contributed by atoms with Gasteiger partial charge in [0.05, 0.1) is 30.5 Å². The van der Waals surface area contributed by atoms with E-state index in [2.05, 4.69) is 26.6 Å². The maximum atomic E-state index is 15.0. The fourth-order valence-electron chi connectivity index (χ4n) is 5.23. The van der Waals surface area contributed by atoms with Gasteiger partial charge in [0, 0.05) is 42.2 Å². The van der Waals surface area contributed by atoms with Gasteiger partial charge in [-0.15, -0.1) is 10.2 Å². The number of carbonyl (C=O) groups is 1. The Labute approximate surface area is 188 Å². The third-order valence-corrected chi connectivity index (χ3v) is 6.98. The summed E-state index contributed by atoms with van der Waals surface area (Å²) in [4.78, 5) is 18.3. The molecule has 3 aliphatic rings. The van der Waals surface area contributed by atoms with Crippen molar-refractivity contribution < 1.29 is 13.9 Å². The fraction of sp³-hybridized carbons (Fsp3) is 0.348. The Morgan fingerprint density at radius 3 is 2.67 bits per heavy atom. The van der Waals surface area contributed by atoms with Gasteiger partial charge in [0.25, 0.3) is 0 Å². The Balaban J connectivity index is 1.20. The van der Waals surface area contributed by atoms with Gasteiger partial charge in [-0.05, 0) is 24.3 Å². The third-order valence-electron chi connectivity index (χ3n) is 6.98. The Bertz CT molecular complexity index is 1240. The van der Waals surface area contributed by atoms with E-state index < -0.39 is 17.3 Å². The van der Waals surface area contributed by atoms with Crippen molar-refractivity contribution in [1.82, 2.24) is 25.1 Å². The van der Waals surface area contributed by atoms with Crippen LogP contribution >= 0.6 is 0 Å². The first-order chi connectivity index (χ1) is 16.1. The highest BCUT2D eigenvalue weighted by Crippen LogP contribution is 2.60. The van der Waals surface area contributed by atoms with E-state index in [1.54, 1.807) is 41.6 Å². The maximum Gasteiger partial charge on any atom is 0.414 e. The van der Waals surface area contributed by atoms with E-state index in [0.717, 1.165) is 18.8 Å². The Morgan fingerprint density at radius 2 is 2.00 bits per heavy atom. The van der Waals surface area contributed by atoms with Crippen LogP contribution in [-0.4, -0.2) is 51.6 Å². The number of nitriles is 1. The molecule has 9 nitrogen and oxygen atoms in total. The van der Waals surface area contributed by atoms with Gasteiger partial charge in [-0.25, -0.2) is 9.18 Å². The van der Waals surface area contributed by atoms with Crippen molar-refractivity contribution in [1.29, 1.82) is 5.26 Å². The first-order valence-corrected chi connectivity index (χ1v) is 10.8. The highest BCUT2D eigenvalue weighted by Gasteiger charge is 2.69. The SMILES string of the molecule is N#CC1(c2ccc(-c3ccc(N4C[C@H](Cn5cnnc5)OC4=O)cc3F)cn2)[C@@H]2CNC[C@@H]21. The minimum absolute atomic E-state index is 0.297. The van der Waals surface area contributed by atoms with Crippen molar-refractivity contribution in [3.05, 3.63) is 60.7 Å². The molecule has 0 spiro atoms. The number of cyclic esters (lactones) is 1. The summed E-state index contributed by atoms with van der Waals surface area (Å²) in [7, 11) is 0. The molecule has 2 aromatic heterocycles. The second kappa shape index (κ2) is 7.35. The van der Waals surface area contributed by atoms with Crippen molar-refractivity contribution in [3.63, 3.8) is 0 Å². The number of amides is 1. The summed E-state index contributed by atoms with van der Waals surface area (Å²) in [6.07, 6.45) is 3.83. The van der Waals surface area contributed by atoms with Crippen LogP contribution in [0.5, 0.6) is 0 Å². The van der Waals surface area contributed by atoms with E-state index in [-0.39, 0.29) is 6.10 Å². The number of nitrogens with zero attached hydrogens (tertiary/aromatic N) is 6. The standard InChI is InChI=1S/C23H20FN7O2/c24-20-5-15(31-10-16(33-22(31)32)9-30-12-28-29-13-30)2-3-17(20)14-1-4-21(27-6-14)23(11-25)18-7-26-8-19(18)23/h1-6,12-13,16,18-19,26H,7-10H2/t16-,18-,19+,23?/m0/s1. The predicted octanol–water partition coefficient (Wildman–Crippen LogP) is 2.12. The van der Waals surface area contributed by atoms with Crippen LogP contribution in [0.2, 0.25) is 0 Å². The number of hydrogen-bond donors (Lipinski definition) is 1. The Hall–Kier alpha value is -3.84. The van der Waals surface area contributed by atoms with Gasteiger partial charge in [0.1, 0.15) is 30.0 Å². The summed E-state index contributed by atoms with van der Waals surface area (Å²) in [6, 6.07) is 10.8. The second-order valence-corrected chi connectivity index (χ2v) is 8.72. The second-order valence-electron chi connectivity index (χ2n) is 8.72. The largest absolute Gasteiger partial charge is 0.442 e. The van der Waals surface area contributed by atoms with Crippen LogP contribution in [0.1, 0.15) is 5.69 Å². The zero-order valence-electron chi connectivity index (χ0n) is 17.6. The number of fused-ring (bicyclic) bond motifs is 1. The van der Waals surface area contributed by atoms with Crippen LogP contribution < -0.4 is 10.2 Å². The summed E-state index contributed by atoms with van der Waals surface area (Å²) < 4.78 is 22.2. The van der Waals surface area contributed by atoms with Gasteiger partial charge >= 0.3 is 6.09 Å². The zero-order chi connectivity index (χ0) is 22.6. The fourth-order valence-corrected chi connectivity index (χ4v) is 5.23. The van der Waals surface area contributed by atoms with E-state index in [9.17, 15) is 10.1 Å². The number of halogens is 1. The number of aromatic nitrogens is 4. The molecular formula is C23H20FN7O2. The van der Waals surface area contributed by atoms with Crippen molar-refractivity contribution >= 4 is 11.8 Å². The molecule has 166 valence electrons. The van der Waals surface area contributed by atoms with Crippen LogP contribution in [0, 0.1) is 29.0 Å². The smallest absolute Gasteiger partial charge is 0.414 e. The average Bonchev–Trinajstić information content (AvgIpc) is 3.35. The number of pyridine rings is 1. The minimum atomic E-state index is -0.522. The molecule has 33 heavy (non-hydrogen) atoms. The monoisotopic (exact) mass is 445 g/mol. The Morgan fingerprint density at radius 1 is 1.21 bits per heavy atom. The number of hydrogen-bond acceptors (Lipinski definition) is 7. The normalized spacial score (nSPS) is 27.8. The highest BCUT2D eigenvalue weighted by molar-refractivity contribution is 5.90. The summed E-state index contributed by atoms with van der Waals surface area (Å²) in [5.74, 6) is 0.136. The lowest BCUT2D eigenvalue weighted by atomic mass is 9.96. The number of nitrogens with one attached hydrogen (secondary N) is 1. The number of carbonyl (C=O) groups excluding carboxylic acids is 1. The molecule has 1 unspecified atom stereocenters. The molecule has 0 bridgehead atoms. The maximum absolute atomic E-state index is 15.0. The lowest BCUT2D eigenvalue weighted by Crippen LogP contribution is -2.25. The molecule has 4 atom stereocenters. The molecule has 2 saturated heterocycles. The average molecular weight is 445 g/mol. The number of ether oxygens (including phenoxy) is 1. The van der Waals surface area contributed by atoms with Gasteiger partial charge in [-0.1, -0.05) is 6.07 Å². The summed E-state index contributed by atoms with van der Waals surface area (Å²) in [5.41, 5.74) is 1.66. The summed E-state index contributed by atoms with van der Waals surface area (Å²) in [5, 5.41) is 20.5. The Kier molecular flexibility index (Phi) is 4.41. The van der Waals surface area contributed by atoms with Crippen LogP contribution in [-0.2, 0) is 16.7 Å². The molecule has 1 aliphatic carbocycles.